The lowest BCUT2D eigenvalue weighted by molar-refractivity contribution is -0.136. The number of nitrogens with zero attached hydrogens (tertiary/aromatic N) is 1. The standard InChI is InChI=1S/C24H23NO4/c1-28-25-23(21-5-3-2-4-6-21)17-29-22-14-12-20(13-15-22)19-10-7-18(8-11-19)9-16-24(26)27/h2-8,10-15H,9,16-17H2,1H3,(H,26,27). The molecule has 3 rings (SSSR count). The molecule has 0 aliphatic heterocycles. The van der Waals surface area contributed by atoms with Crippen LogP contribution < -0.4 is 4.74 Å². The van der Waals surface area contributed by atoms with Gasteiger partial charge in [0.15, 0.2) is 0 Å². The molecule has 148 valence electrons. The Balaban J connectivity index is 1.62. The summed E-state index contributed by atoms with van der Waals surface area (Å²) >= 11 is 0. The van der Waals surface area contributed by atoms with E-state index in [2.05, 4.69) is 5.16 Å². The van der Waals surface area contributed by atoms with Gasteiger partial charge >= 0.3 is 5.97 Å². The molecule has 3 aromatic carbocycles. The van der Waals surface area contributed by atoms with Crippen LogP contribution in [0.5, 0.6) is 5.75 Å². The molecule has 0 aliphatic carbocycles. The molecule has 0 amide bonds. The molecule has 5 heteroatoms. The molecule has 5 nitrogen and oxygen atoms in total. The van der Waals surface area contributed by atoms with Gasteiger partial charge in [-0.1, -0.05) is 71.9 Å². The summed E-state index contributed by atoms with van der Waals surface area (Å²) in [5.41, 5.74) is 4.82. The number of carboxylic acids is 1. The van der Waals surface area contributed by atoms with Gasteiger partial charge in [0, 0.05) is 12.0 Å². The molecule has 0 spiro atoms. The largest absolute Gasteiger partial charge is 0.487 e. The Morgan fingerprint density at radius 2 is 1.52 bits per heavy atom. The SMILES string of the molecule is CON=C(COc1ccc(-c2ccc(CCC(=O)O)cc2)cc1)c1ccccc1. The third-order valence-corrected chi connectivity index (χ3v) is 4.45. The van der Waals surface area contributed by atoms with Crippen molar-refractivity contribution in [2.45, 2.75) is 12.8 Å². The zero-order valence-electron chi connectivity index (χ0n) is 16.2. The van der Waals surface area contributed by atoms with E-state index in [9.17, 15) is 4.79 Å². The highest BCUT2D eigenvalue weighted by Crippen LogP contribution is 2.23. The highest BCUT2D eigenvalue weighted by molar-refractivity contribution is 6.01. The molecule has 0 saturated carbocycles. The van der Waals surface area contributed by atoms with Gasteiger partial charge in [0.05, 0.1) is 0 Å². The molecule has 3 aromatic rings. The number of hydrogen-bond acceptors (Lipinski definition) is 4. The number of ether oxygens (including phenoxy) is 1. The van der Waals surface area contributed by atoms with Crippen LogP contribution in [-0.4, -0.2) is 30.5 Å². The summed E-state index contributed by atoms with van der Waals surface area (Å²) in [6.45, 7) is 0.301. The van der Waals surface area contributed by atoms with Crippen LogP contribution in [-0.2, 0) is 16.1 Å². The molecule has 0 atom stereocenters. The van der Waals surface area contributed by atoms with E-state index >= 15 is 0 Å². The summed E-state index contributed by atoms with van der Waals surface area (Å²) in [4.78, 5) is 15.6. The smallest absolute Gasteiger partial charge is 0.303 e. The first-order chi connectivity index (χ1) is 14.2. The Hall–Kier alpha value is -3.60. The van der Waals surface area contributed by atoms with Crippen molar-refractivity contribution in [3.63, 3.8) is 0 Å². The summed E-state index contributed by atoms with van der Waals surface area (Å²) in [7, 11) is 1.52. The second-order valence-electron chi connectivity index (χ2n) is 6.49. The molecule has 0 aromatic heterocycles. The predicted molar refractivity (Wildman–Crippen MR) is 113 cm³/mol. The second-order valence-corrected chi connectivity index (χ2v) is 6.49. The second kappa shape index (κ2) is 10.1. The molecule has 0 radical (unpaired) electrons. The quantitative estimate of drug-likeness (QED) is 0.422. The average Bonchev–Trinajstić information content (AvgIpc) is 2.76. The van der Waals surface area contributed by atoms with Crippen LogP contribution >= 0.6 is 0 Å². The highest BCUT2D eigenvalue weighted by Gasteiger charge is 2.06. The first-order valence-corrected chi connectivity index (χ1v) is 9.35. The van der Waals surface area contributed by atoms with E-state index in [0.717, 1.165) is 28.0 Å². The molecule has 0 aliphatic rings. The fraction of sp³-hybridized carbons (Fsp3) is 0.167. The van der Waals surface area contributed by atoms with Gasteiger partial charge in [-0.05, 0) is 35.2 Å². The zero-order chi connectivity index (χ0) is 20.5. The topological polar surface area (TPSA) is 68.1 Å². The van der Waals surface area contributed by atoms with E-state index in [0.29, 0.717) is 18.7 Å². The van der Waals surface area contributed by atoms with Crippen LogP contribution in [0.1, 0.15) is 17.5 Å². The normalized spacial score (nSPS) is 11.1. The Morgan fingerprint density at radius 3 is 2.10 bits per heavy atom. The van der Waals surface area contributed by atoms with Crippen LogP contribution in [0, 0.1) is 0 Å². The average molecular weight is 389 g/mol. The summed E-state index contributed by atoms with van der Waals surface area (Å²) in [5.74, 6) is -0.0396. The number of carboxylic acid groups (broad SMARTS) is 1. The van der Waals surface area contributed by atoms with E-state index < -0.39 is 5.97 Å². The molecular formula is C24H23NO4. The van der Waals surface area contributed by atoms with Crippen LogP contribution in [0.3, 0.4) is 0 Å². The minimum Gasteiger partial charge on any atom is -0.487 e. The summed E-state index contributed by atoms with van der Waals surface area (Å²) in [5, 5.41) is 12.8. The van der Waals surface area contributed by atoms with E-state index in [1.165, 1.54) is 7.11 Å². The highest BCUT2D eigenvalue weighted by atomic mass is 16.6. The number of benzene rings is 3. The lowest BCUT2D eigenvalue weighted by atomic mass is 10.0. The Labute approximate surface area is 170 Å². The van der Waals surface area contributed by atoms with E-state index in [1.54, 1.807) is 0 Å². The Kier molecular flexibility index (Phi) is 7.00. The number of rotatable bonds is 9. The number of oxime groups is 1. The maximum Gasteiger partial charge on any atom is 0.303 e. The van der Waals surface area contributed by atoms with Gasteiger partial charge in [0.2, 0.25) is 0 Å². The van der Waals surface area contributed by atoms with Gasteiger partial charge in [0.1, 0.15) is 25.2 Å². The van der Waals surface area contributed by atoms with Gasteiger partial charge in [-0.15, -0.1) is 0 Å². The molecule has 29 heavy (non-hydrogen) atoms. The monoisotopic (exact) mass is 389 g/mol. The number of aryl methyl sites for hydroxylation is 1. The molecule has 0 unspecified atom stereocenters. The summed E-state index contributed by atoms with van der Waals surface area (Å²) in [6, 6.07) is 25.6. The van der Waals surface area contributed by atoms with Crippen LogP contribution in [0.2, 0.25) is 0 Å². The van der Waals surface area contributed by atoms with Gasteiger partial charge in [-0.2, -0.15) is 0 Å². The van der Waals surface area contributed by atoms with Crippen molar-refractivity contribution >= 4 is 11.7 Å². The van der Waals surface area contributed by atoms with Crippen LogP contribution in [0.15, 0.2) is 84.0 Å². The Morgan fingerprint density at radius 1 is 0.897 bits per heavy atom. The Bertz CT molecular complexity index is 948. The minimum atomic E-state index is -0.782. The zero-order valence-corrected chi connectivity index (χ0v) is 16.2. The van der Waals surface area contributed by atoms with E-state index in [4.69, 9.17) is 14.7 Å². The number of carbonyl (C=O) groups is 1. The lowest BCUT2D eigenvalue weighted by Crippen LogP contribution is -2.13. The lowest BCUT2D eigenvalue weighted by Gasteiger charge is -2.10. The fourth-order valence-corrected chi connectivity index (χ4v) is 2.91. The van der Waals surface area contributed by atoms with Crippen molar-refractivity contribution in [1.82, 2.24) is 0 Å². The van der Waals surface area contributed by atoms with Crippen molar-refractivity contribution in [2.24, 2.45) is 5.16 Å². The molecule has 0 bridgehead atoms. The number of hydrogen-bond donors (Lipinski definition) is 1. The van der Waals surface area contributed by atoms with Crippen molar-refractivity contribution in [2.75, 3.05) is 13.7 Å². The molecule has 0 saturated heterocycles. The van der Waals surface area contributed by atoms with Crippen LogP contribution in [0.4, 0.5) is 0 Å². The van der Waals surface area contributed by atoms with E-state index in [1.807, 2.05) is 78.9 Å². The third kappa shape index (κ3) is 5.94. The van der Waals surface area contributed by atoms with Crippen molar-refractivity contribution in [3.8, 4) is 16.9 Å². The summed E-state index contributed by atoms with van der Waals surface area (Å²) < 4.78 is 5.87. The van der Waals surface area contributed by atoms with Gasteiger partial charge in [0.25, 0.3) is 0 Å². The fourth-order valence-electron chi connectivity index (χ4n) is 2.91. The van der Waals surface area contributed by atoms with Gasteiger partial charge in [-0.3, -0.25) is 4.79 Å². The number of aliphatic carboxylic acids is 1. The molecule has 0 heterocycles. The minimum absolute atomic E-state index is 0.142. The first-order valence-electron chi connectivity index (χ1n) is 9.35. The maximum absolute atomic E-state index is 10.7. The molecule has 1 N–H and O–H groups in total. The molecule has 0 fully saturated rings. The van der Waals surface area contributed by atoms with Crippen LogP contribution in [0.25, 0.3) is 11.1 Å². The first kappa shape index (κ1) is 20.1. The van der Waals surface area contributed by atoms with Crippen molar-refractivity contribution in [1.29, 1.82) is 0 Å². The van der Waals surface area contributed by atoms with Gasteiger partial charge in [-0.25, -0.2) is 0 Å². The van der Waals surface area contributed by atoms with Crippen molar-refractivity contribution < 1.29 is 19.5 Å². The van der Waals surface area contributed by atoms with E-state index in [-0.39, 0.29) is 6.42 Å². The summed E-state index contributed by atoms with van der Waals surface area (Å²) in [6.07, 6.45) is 0.678. The third-order valence-electron chi connectivity index (χ3n) is 4.45. The predicted octanol–water partition coefficient (Wildman–Crippen LogP) is 4.80. The van der Waals surface area contributed by atoms with Gasteiger partial charge < -0.3 is 14.7 Å². The van der Waals surface area contributed by atoms with Crippen molar-refractivity contribution in [3.05, 3.63) is 90.0 Å². The maximum atomic E-state index is 10.7. The molecular weight excluding hydrogens is 366 g/mol.